The third-order valence-corrected chi connectivity index (χ3v) is 5.03. The Morgan fingerprint density at radius 3 is 1.54 bits per heavy atom. The lowest BCUT2D eigenvalue weighted by atomic mass is 10.2. The van der Waals surface area contributed by atoms with E-state index in [1.54, 1.807) is 27.7 Å². The van der Waals surface area contributed by atoms with Gasteiger partial charge in [0.2, 0.25) is 11.8 Å². The normalized spacial score (nSPS) is 15.4. The minimum Gasteiger partial charge on any atom is -0.480 e. The molecule has 4 N–H and O–H groups in total. The van der Waals surface area contributed by atoms with Crippen LogP contribution in [0.1, 0.15) is 48.5 Å². The minimum absolute atomic E-state index is 0.399. The van der Waals surface area contributed by atoms with Crippen molar-refractivity contribution in [2.75, 3.05) is 0 Å². The van der Waals surface area contributed by atoms with Crippen molar-refractivity contribution in [3.8, 4) is 0 Å². The van der Waals surface area contributed by atoms with Crippen LogP contribution in [0.25, 0.3) is 0 Å². The van der Waals surface area contributed by atoms with Crippen LogP contribution in [0.5, 0.6) is 0 Å². The Bertz CT molecular complexity index is 539. The van der Waals surface area contributed by atoms with Gasteiger partial charge in [0.15, 0.2) is 0 Å². The number of hydrogen-bond donors (Lipinski definition) is 4. The summed E-state index contributed by atoms with van der Waals surface area (Å²) in [4.78, 5) is 34.9. The van der Waals surface area contributed by atoms with E-state index in [1.807, 2.05) is 0 Å². The van der Waals surface area contributed by atoms with Crippen molar-refractivity contribution in [2.45, 2.75) is 78.8 Å². The largest absolute Gasteiger partial charge is 0.480 e. The van der Waals surface area contributed by atoms with Gasteiger partial charge in [0.1, 0.15) is 12.1 Å². The van der Waals surface area contributed by atoms with Gasteiger partial charge in [-0.25, -0.2) is 9.65 Å². The molecule has 0 rings (SSSR count). The summed E-state index contributed by atoms with van der Waals surface area (Å²) in [6.07, 6.45) is -0.797. The summed E-state index contributed by atoms with van der Waals surface area (Å²) < 4.78 is 23.3. The van der Waals surface area contributed by atoms with Crippen LogP contribution >= 0.6 is 7.75 Å². The van der Waals surface area contributed by atoms with Gasteiger partial charge in [-0.3, -0.25) is 23.4 Å². The molecule has 0 aromatic carbocycles. The molecule has 0 saturated heterocycles. The number of carbonyl (C=O) groups is 3. The highest BCUT2D eigenvalue weighted by Gasteiger charge is 2.32. The first-order valence-corrected chi connectivity index (χ1v) is 9.89. The van der Waals surface area contributed by atoms with Crippen LogP contribution in [0.3, 0.4) is 0 Å². The molecule has 10 nitrogen and oxygen atoms in total. The van der Waals surface area contributed by atoms with E-state index >= 15 is 0 Å². The van der Waals surface area contributed by atoms with Crippen molar-refractivity contribution in [1.29, 1.82) is 0 Å². The van der Waals surface area contributed by atoms with E-state index in [1.165, 1.54) is 20.8 Å². The molecule has 0 spiro atoms. The van der Waals surface area contributed by atoms with Gasteiger partial charge in [0, 0.05) is 0 Å². The second-order valence-electron chi connectivity index (χ2n) is 6.46. The van der Waals surface area contributed by atoms with Gasteiger partial charge in [-0.1, -0.05) is 0 Å². The molecule has 152 valence electrons. The fraction of sp³-hybridized carbons (Fsp3) is 0.800. The maximum absolute atomic E-state index is 12.7. The monoisotopic (exact) mass is 395 g/mol. The fourth-order valence-corrected chi connectivity index (χ4v) is 3.61. The smallest absolute Gasteiger partial charge is 0.406 e. The SMILES string of the molecule is CC(C)OP(=O)(N[C@@H](C)C(=O)N[C@@H](C)C(=O)N[C@@H](C)C(=O)O)OC(C)C. The summed E-state index contributed by atoms with van der Waals surface area (Å²) >= 11 is 0. The van der Waals surface area contributed by atoms with Crippen molar-refractivity contribution in [3.05, 3.63) is 0 Å². The molecule has 2 amide bonds. The van der Waals surface area contributed by atoms with Crippen LogP contribution < -0.4 is 15.7 Å². The number of amides is 2. The molecular weight excluding hydrogens is 365 g/mol. The fourth-order valence-electron chi connectivity index (χ4n) is 1.74. The van der Waals surface area contributed by atoms with Crippen LogP contribution in [-0.2, 0) is 28.0 Å². The van der Waals surface area contributed by atoms with Crippen molar-refractivity contribution in [1.82, 2.24) is 15.7 Å². The molecule has 0 aliphatic heterocycles. The molecule has 0 aromatic heterocycles. The zero-order valence-corrected chi connectivity index (χ0v) is 17.1. The Labute approximate surface area is 154 Å². The zero-order chi connectivity index (χ0) is 20.7. The molecule has 0 heterocycles. The van der Waals surface area contributed by atoms with Crippen LogP contribution in [0, 0.1) is 0 Å². The molecule has 3 atom stereocenters. The molecule has 0 aromatic rings. The Morgan fingerprint density at radius 2 is 1.15 bits per heavy atom. The zero-order valence-electron chi connectivity index (χ0n) is 16.2. The van der Waals surface area contributed by atoms with Crippen molar-refractivity contribution < 1.29 is 33.1 Å². The summed E-state index contributed by atoms with van der Waals surface area (Å²) in [5.74, 6) is -2.46. The number of rotatable bonds is 11. The number of hydrogen-bond acceptors (Lipinski definition) is 6. The van der Waals surface area contributed by atoms with Crippen LogP contribution in [0.2, 0.25) is 0 Å². The number of nitrogens with one attached hydrogen (secondary N) is 3. The number of carbonyl (C=O) groups excluding carboxylic acids is 2. The van der Waals surface area contributed by atoms with Gasteiger partial charge < -0.3 is 15.7 Å². The van der Waals surface area contributed by atoms with E-state index in [0.717, 1.165) is 0 Å². The lowest BCUT2D eigenvalue weighted by Crippen LogP contribution is -2.52. The van der Waals surface area contributed by atoms with Crippen molar-refractivity contribution in [3.63, 3.8) is 0 Å². The maximum atomic E-state index is 12.7. The molecule has 26 heavy (non-hydrogen) atoms. The Balaban J connectivity index is 4.84. The third kappa shape index (κ3) is 9.28. The van der Waals surface area contributed by atoms with Gasteiger partial charge >= 0.3 is 13.7 Å². The molecule has 0 unspecified atom stereocenters. The molecule has 0 saturated carbocycles. The second kappa shape index (κ2) is 10.6. The Morgan fingerprint density at radius 1 is 0.769 bits per heavy atom. The summed E-state index contributed by atoms with van der Waals surface area (Å²) in [5.41, 5.74) is 0. The Hall–Kier alpha value is -1.48. The molecule has 0 bridgehead atoms. The number of carboxylic acid groups (broad SMARTS) is 1. The van der Waals surface area contributed by atoms with E-state index in [2.05, 4.69) is 15.7 Å². The molecule has 0 aliphatic carbocycles. The van der Waals surface area contributed by atoms with Gasteiger partial charge in [0.05, 0.1) is 18.2 Å². The van der Waals surface area contributed by atoms with Crippen LogP contribution in [-0.4, -0.2) is 53.2 Å². The predicted molar refractivity (Wildman–Crippen MR) is 95.5 cm³/mol. The molecule has 11 heteroatoms. The van der Waals surface area contributed by atoms with Gasteiger partial charge in [-0.05, 0) is 48.5 Å². The lowest BCUT2D eigenvalue weighted by molar-refractivity contribution is -0.141. The predicted octanol–water partition coefficient (Wildman–Crippen LogP) is 1.02. The minimum atomic E-state index is -3.73. The third-order valence-electron chi connectivity index (χ3n) is 2.93. The Kier molecular flexibility index (Phi) is 10.0. The molecule has 0 aliphatic rings. The highest BCUT2D eigenvalue weighted by molar-refractivity contribution is 7.51. The maximum Gasteiger partial charge on any atom is 0.406 e. The summed E-state index contributed by atoms with van der Waals surface area (Å²) in [5, 5.41) is 16.0. The topological polar surface area (TPSA) is 143 Å². The van der Waals surface area contributed by atoms with Gasteiger partial charge in [0.25, 0.3) is 0 Å². The van der Waals surface area contributed by atoms with Gasteiger partial charge in [-0.15, -0.1) is 0 Å². The quantitative estimate of drug-likeness (QED) is 0.380. The average molecular weight is 395 g/mol. The average Bonchev–Trinajstić information content (AvgIpc) is 2.44. The van der Waals surface area contributed by atoms with E-state index < -0.39 is 55.9 Å². The van der Waals surface area contributed by atoms with E-state index in [-0.39, 0.29) is 0 Å². The highest BCUT2D eigenvalue weighted by Crippen LogP contribution is 2.46. The number of aliphatic carboxylic acids is 1. The summed E-state index contributed by atoms with van der Waals surface area (Å²) in [7, 11) is -3.73. The first kappa shape index (κ1) is 24.5. The summed E-state index contributed by atoms with van der Waals surface area (Å²) in [6, 6.07) is -3.05. The molecule has 0 fully saturated rings. The lowest BCUT2D eigenvalue weighted by Gasteiger charge is -2.26. The molecule has 0 radical (unpaired) electrons. The van der Waals surface area contributed by atoms with Crippen molar-refractivity contribution >= 4 is 25.5 Å². The van der Waals surface area contributed by atoms with Crippen molar-refractivity contribution in [2.24, 2.45) is 0 Å². The van der Waals surface area contributed by atoms with Crippen LogP contribution in [0.4, 0.5) is 0 Å². The second-order valence-corrected chi connectivity index (χ2v) is 8.13. The van der Waals surface area contributed by atoms with E-state index in [9.17, 15) is 18.9 Å². The van der Waals surface area contributed by atoms with E-state index in [0.29, 0.717) is 0 Å². The van der Waals surface area contributed by atoms with Crippen LogP contribution in [0.15, 0.2) is 0 Å². The van der Waals surface area contributed by atoms with E-state index in [4.69, 9.17) is 14.2 Å². The molecular formula is C15H30N3O7P. The summed E-state index contributed by atoms with van der Waals surface area (Å²) in [6.45, 7) is 10.9. The number of carboxylic acids is 1. The highest BCUT2D eigenvalue weighted by atomic mass is 31.2. The standard InChI is InChI=1S/C15H30N3O7P/c1-8(2)24-26(23,25-9(3)4)18-11(6)14(20)16-10(5)13(19)17-12(7)15(21)22/h8-12H,1-7H3,(H,16,20)(H,17,19)(H,18,23)(H,21,22)/t10-,11-,12-/m0/s1. The first-order chi connectivity index (χ1) is 11.8. The first-order valence-electron chi connectivity index (χ1n) is 8.35. The van der Waals surface area contributed by atoms with Gasteiger partial charge in [-0.2, -0.15) is 0 Å².